The number of rotatable bonds is 2. The van der Waals surface area contributed by atoms with Gasteiger partial charge in [0.05, 0.1) is 0 Å². The Hall–Kier alpha value is -1.95. The van der Waals surface area contributed by atoms with Crippen LogP contribution in [0.25, 0.3) is 11.1 Å². The molecule has 2 aromatic rings. The normalized spacial score (nSPS) is 21.0. The van der Waals surface area contributed by atoms with Gasteiger partial charge in [0, 0.05) is 36.3 Å². The molecule has 1 aromatic carbocycles. The topological polar surface area (TPSA) is 58.8 Å². The summed E-state index contributed by atoms with van der Waals surface area (Å²) in [5.41, 5.74) is 2.33. The fourth-order valence-corrected chi connectivity index (χ4v) is 3.79. The van der Waals surface area contributed by atoms with Crippen LogP contribution < -0.4 is 4.90 Å². The molecule has 1 saturated carbocycles. The minimum Gasteiger partial charge on any atom is -0.444 e. The molecule has 27 heavy (non-hydrogen) atoms. The Labute approximate surface area is 164 Å². The van der Waals surface area contributed by atoms with E-state index in [1.54, 1.807) is 4.90 Å². The van der Waals surface area contributed by atoms with Crippen LogP contribution in [0.15, 0.2) is 16.5 Å². The van der Waals surface area contributed by atoms with E-state index in [0.717, 1.165) is 16.7 Å². The maximum atomic E-state index is 12.3. The fraction of sp³-hybridized carbons (Fsp3) is 0.600. The van der Waals surface area contributed by atoms with Crippen LogP contribution in [-0.4, -0.2) is 47.3 Å². The van der Waals surface area contributed by atoms with Crippen LogP contribution in [0.2, 0.25) is 5.02 Å². The minimum absolute atomic E-state index is 0.0826. The minimum atomic E-state index is -0.490. The number of piperazine rings is 1. The zero-order chi connectivity index (χ0) is 19.3. The fourth-order valence-electron chi connectivity index (χ4n) is 3.57. The van der Waals surface area contributed by atoms with Crippen molar-refractivity contribution in [1.29, 1.82) is 0 Å². The summed E-state index contributed by atoms with van der Waals surface area (Å²) < 4.78 is 11.7. The largest absolute Gasteiger partial charge is 0.444 e. The third-order valence-electron chi connectivity index (χ3n) is 5.01. The highest BCUT2D eigenvalue weighted by atomic mass is 35.5. The van der Waals surface area contributed by atoms with Crippen molar-refractivity contribution in [3.8, 4) is 0 Å². The van der Waals surface area contributed by atoms with E-state index >= 15 is 0 Å². The molecule has 146 valence electrons. The van der Waals surface area contributed by atoms with Gasteiger partial charge in [-0.1, -0.05) is 11.6 Å². The van der Waals surface area contributed by atoms with E-state index < -0.39 is 5.60 Å². The van der Waals surface area contributed by atoms with Crippen molar-refractivity contribution in [1.82, 2.24) is 9.88 Å². The number of amides is 1. The quantitative estimate of drug-likeness (QED) is 0.735. The Kier molecular flexibility index (Phi) is 4.49. The molecule has 2 aliphatic rings. The van der Waals surface area contributed by atoms with Crippen LogP contribution in [0.3, 0.4) is 0 Å². The molecule has 7 heteroatoms. The third-order valence-corrected chi connectivity index (χ3v) is 5.23. The third kappa shape index (κ3) is 3.86. The lowest BCUT2D eigenvalue weighted by molar-refractivity contribution is 0.0216. The van der Waals surface area contributed by atoms with Crippen molar-refractivity contribution < 1.29 is 13.9 Å². The van der Waals surface area contributed by atoms with Gasteiger partial charge >= 0.3 is 6.09 Å². The Bertz CT molecular complexity index is 869. The number of nitrogens with zero attached hydrogens (tertiary/aromatic N) is 3. The number of fused-ring (bicyclic) bond motifs is 1. The van der Waals surface area contributed by atoms with Crippen LogP contribution in [0.5, 0.6) is 0 Å². The zero-order valence-electron chi connectivity index (χ0n) is 16.3. The summed E-state index contributed by atoms with van der Waals surface area (Å²) in [5, 5.41) is 0.701. The van der Waals surface area contributed by atoms with E-state index in [1.807, 2.05) is 32.9 Å². The summed E-state index contributed by atoms with van der Waals surface area (Å²) in [6.45, 7) is 9.51. The van der Waals surface area contributed by atoms with Gasteiger partial charge in [-0.2, -0.15) is 4.98 Å². The summed E-state index contributed by atoms with van der Waals surface area (Å²) in [6.07, 6.45) is 2.08. The molecule has 6 nitrogen and oxygen atoms in total. The van der Waals surface area contributed by atoms with E-state index in [9.17, 15) is 4.79 Å². The number of halogens is 1. The molecule has 0 unspecified atom stereocenters. The first kappa shape index (κ1) is 18.4. The summed E-state index contributed by atoms with van der Waals surface area (Å²) in [4.78, 5) is 20.9. The van der Waals surface area contributed by atoms with Crippen LogP contribution in [0.4, 0.5) is 10.8 Å². The Morgan fingerprint density at radius 2 is 2.04 bits per heavy atom. The molecule has 0 N–H and O–H groups in total. The van der Waals surface area contributed by atoms with Crippen molar-refractivity contribution in [3.63, 3.8) is 0 Å². The van der Waals surface area contributed by atoms with Crippen LogP contribution in [-0.2, 0) is 4.74 Å². The number of hydrogen-bond donors (Lipinski definition) is 0. The molecule has 1 aromatic heterocycles. The molecule has 4 rings (SSSR count). The molecule has 1 atom stereocenters. The number of ether oxygens (including phenoxy) is 1. The van der Waals surface area contributed by atoms with Crippen molar-refractivity contribution >= 4 is 34.8 Å². The lowest BCUT2D eigenvalue weighted by Gasteiger charge is -2.39. The average molecular weight is 392 g/mol. The second kappa shape index (κ2) is 6.59. The van der Waals surface area contributed by atoms with Gasteiger partial charge in [0.2, 0.25) is 0 Å². The lowest BCUT2D eigenvalue weighted by Crippen LogP contribution is -2.54. The highest BCUT2D eigenvalue weighted by molar-refractivity contribution is 6.31. The number of aromatic nitrogens is 1. The molecule has 2 heterocycles. The van der Waals surface area contributed by atoms with E-state index in [1.165, 1.54) is 12.8 Å². The molecule has 1 aliphatic heterocycles. The molecule has 0 spiro atoms. The standard InChI is InChI=1S/C20H26ClN3O3/c1-12-11-23(19(25)27-20(2,3)4)7-8-24(12)18-22-16-10-14(21)9-15(13-5-6-13)17(16)26-18/h9-10,12-13H,5-8,11H2,1-4H3/t12-/m0/s1. The van der Waals surface area contributed by atoms with Crippen LogP contribution >= 0.6 is 11.6 Å². The zero-order valence-corrected chi connectivity index (χ0v) is 17.0. The van der Waals surface area contributed by atoms with E-state index in [0.29, 0.717) is 36.6 Å². The second-order valence-corrected chi connectivity index (χ2v) is 9.02. The van der Waals surface area contributed by atoms with Gasteiger partial charge in [-0.3, -0.25) is 0 Å². The predicted octanol–water partition coefficient (Wildman–Crippen LogP) is 4.80. The number of benzene rings is 1. The number of oxazole rings is 1. The average Bonchev–Trinajstić information content (AvgIpc) is 3.32. The maximum Gasteiger partial charge on any atom is 0.410 e. The maximum absolute atomic E-state index is 12.3. The smallest absolute Gasteiger partial charge is 0.410 e. The molecule has 2 fully saturated rings. The summed E-state index contributed by atoms with van der Waals surface area (Å²) in [6, 6.07) is 4.54. The Morgan fingerprint density at radius 3 is 2.67 bits per heavy atom. The van der Waals surface area contributed by atoms with Crippen LogP contribution in [0.1, 0.15) is 52.0 Å². The molecule has 1 aliphatic carbocycles. The SMILES string of the molecule is C[C@H]1CN(C(=O)OC(C)(C)C)CCN1c1nc2cc(Cl)cc(C3CC3)c2o1. The molecule has 1 saturated heterocycles. The summed E-state index contributed by atoms with van der Waals surface area (Å²) >= 11 is 6.27. The first-order chi connectivity index (χ1) is 12.7. The van der Waals surface area contributed by atoms with Crippen molar-refractivity contribution in [2.45, 2.75) is 58.1 Å². The first-order valence-electron chi connectivity index (χ1n) is 9.56. The number of anilines is 1. The van der Waals surface area contributed by atoms with Gasteiger partial charge in [-0.15, -0.1) is 0 Å². The van der Waals surface area contributed by atoms with Gasteiger partial charge in [0.15, 0.2) is 5.58 Å². The Morgan fingerprint density at radius 1 is 1.30 bits per heavy atom. The van der Waals surface area contributed by atoms with Crippen molar-refractivity contribution in [2.24, 2.45) is 0 Å². The number of carbonyl (C=O) groups is 1. The van der Waals surface area contributed by atoms with Gasteiger partial charge in [-0.05, 0) is 58.6 Å². The second-order valence-electron chi connectivity index (χ2n) is 8.58. The van der Waals surface area contributed by atoms with Gasteiger partial charge in [0.1, 0.15) is 11.1 Å². The highest BCUT2D eigenvalue weighted by Crippen LogP contribution is 2.45. The number of carbonyl (C=O) groups excluding carboxylic acids is 1. The van der Waals surface area contributed by atoms with Crippen molar-refractivity contribution in [3.05, 3.63) is 22.7 Å². The predicted molar refractivity (Wildman–Crippen MR) is 106 cm³/mol. The highest BCUT2D eigenvalue weighted by Gasteiger charge is 2.33. The van der Waals surface area contributed by atoms with E-state index in [2.05, 4.69) is 16.8 Å². The number of hydrogen-bond acceptors (Lipinski definition) is 5. The van der Waals surface area contributed by atoms with Gasteiger partial charge in [0.25, 0.3) is 6.01 Å². The lowest BCUT2D eigenvalue weighted by atomic mass is 10.1. The molecular formula is C20H26ClN3O3. The molecule has 0 bridgehead atoms. The van der Waals surface area contributed by atoms with Gasteiger partial charge < -0.3 is 19.0 Å². The molecule has 1 amide bonds. The molecule has 0 radical (unpaired) electrons. The molecular weight excluding hydrogens is 366 g/mol. The monoisotopic (exact) mass is 391 g/mol. The van der Waals surface area contributed by atoms with Crippen molar-refractivity contribution in [2.75, 3.05) is 24.5 Å². The first-order valence-corrected chi connectivity index (χ1v) is 9.93. The van der Waals surface area contributed by atoms with Gasteiger partial charge in [-0.25, -0.2) is 4.79 Å². The van der Waals surface area contributed by atoms with E-state index in [-0.39, 0.29) is 12.1 Å². The summed E-state index contributed by atoms with van der Waals surface area (Å²) in [5.74, 6) is 0.536. The van der Waals surface area contributed by atoms with E-state index in [4.69, 9.17) is 20.8 Å². The Balaban J connectivity index is 1.53. The van der Waals surface area contributed by atoms with Crippen LogP contribution in [0, 0.1) is 0 Å². The summed E-state index contributed by atoms with van der Waals surface area (Å²) in [7, 11) is 0.